The number of halogens is 1. The largest absolute Gasteiger partial charge is 0.478 e. The molecule has 0 atom stereocenters. The molecule has 18 heavy (non-hydrogen) atoms. The Hall–Kier alpha value is -2.61. The van der Waals surface area contributed by atoms with Gasteiger partial charge < -0.3 is 9.67 Å². The minimum absolute atomic E-state index is 0.176. The summed E-state index contributed by atoms with van der Waals surface area (Å²) in [4.78, 5) is 10.7. The maximum absolute atomic E-state index is 12.9. The monoisotopic (exact) mass is 244 g/mol. The number of nitriles is 1. The van der Waals surface area contributed by atoms with Crippen molar-refractivity contribution >= 4 is 5.97 Å². The van der Waals surface area contributed by atoms with Crippen LogP contribution >= 0.6 is 0 Å². The van der Waals surface area contributed by atoms with Crippen LogP contribution in [-0.2, 0) is 6.54 Å². The van der Waals surface area contributed by atoms with Crippen LogP contribution in [0, 0.1) is 17.1 Å². The van der Waals surface area contributed by atoms with E-state index in [9.17, 15) is 9.18 Å². The molecule has 0 unspecified atom stereocenters. The van der Waals surface area contributed by atoms with E-state index in [0.29, 0.717) is 12.1 Å². The lowest BCUT2D eigenvalue weighted by atomic mass is 10.1. The first-order chi connectivity index (χ1) is 8.60. The van der Waals surface area contributed by atoms with Crippen molar-refractivity contribution in [2.45, 2.75) is 6.54 Å². The minimum atomic E-state index is -1.01. The molecule has 0 radical (unpaired) electrons. The van der Waals surface area contributed by atoms with Gasteiger partial charge in [-0.3, -0.25) is 0 Å². The molecule has 1 aromatic carbocycles. The van der Waals surface area contributed by atoms with Crippen LogP contribution in [0.5, 0.6) is 0 Å². The molecule has 0 aliphatic heterocycles. The van der Waals surface area contributed by atoms with E-state index in [4.69, 9.17) is 10.4 Å². The summed E-state index contributed by atoms with van der Waals surface area (Å²) < 4.78 is 14.6. The molecule has 2 aromatic rings. The van der Waals surface area contributed by atoms with E-state index in [1.165, 1.54) is 24.4 Å². The van der Waals surface area contributed by atoms with Crippen molar-refractivity contribution in [2.75, 3.05) is 0 Å². The molecule has 1 N–H and O–H groups in total. The Morgan fingerprint density at radius 1 is 1.44 bits per heavy atom. The van der Waals surface area contributed by atoms with Crippen LogP contribution < -0.4 is 0 Å². The highest BCUT2D eigenvalue weighted by molar-refractivity contribution is 5.87. The van der Waals surface area contributed by atoms with E-state index in [0.717, 1.165) is 6.07 Å². The first-order valence-electron chi connectivity index (χ1n) is 5.18. The maximum atomic E-state index is 12.9. The van der Waals surface area contributed by atoms with E-state index in [1.54, 1.807) is 10.8 Å². The molecule has 1 heterocycles. The van der Waals surface area contributed by atoms with E-state index >= 15 is 0 Å². The quantitative estimate of drug-likeness (QED) is 0.900. The SMILES string of the molecule is N#Cc1cc(F)ccc1Cn1ccc(C(=O)O)c1. The third-order valence-electron chi connectivity index (χ3n) is 2.54. The number of carbonyl (C=O) groups is 1. The van der Waals surface area contributed by atoms with Crippen molar-refractivity contribution in [3.05, 3.63) is 59.2 Å². The summed E-state index contributed by atoms with van der Waals surface area (Å²) in [5.41, 5.74) is 1.07. The van der Waals surface area contributed by atoms with Crippen molar-refractivity contribution in [3.8, 4) is 6.07 Å². The van der Waals surface area contributed by atoms with Crippen molar-refractivity contribution in [2.24, 2.45) is 0 Å². The lowest BCUT2D eigenvalue weighted by Crippen LogP contribution is -2.00. The minimum Gasteiger partial charge on any atom is -0.478 e. The first kappa shape index (κ1) is 11.9. The summed E-state index contributed by atoms with van der Waals surface area (Å²) in [6.07, 6.45) is 3.07. The normalized spacial score (nSPS) is 10.0. The highest BCUT2D eigenvalue weighted by Gasteiger charge is 2.07. The van der Waals surface area contributed by atoms with Crippen LogP contribution in [0.25, 0.3) is 0 Å². The number of carboxylic acid groups (broad SMARTS) is 1. The predicted octanol–water partition coefficient (Wildman–Crippen LogP) is 2.25. The number of nitrogens with zero attached hydrogens (tertiary/aromatic N) is 2. The van der Waals surface area contributed by atoms with E-state index < -0.39 is 11.8 Å². The van der Waals surface area contributed by atoms with Crippen molar-refractivity contribution in [3.63, 3.8) is 0 Å². The molecule has 0 bridgehead atoms. The second-order valence-electron chi connectivity index (χ2n) is 3.79. The topological polar surface area (TPSA) is 66.0 Å². The Balaban J connectivity index is 2.28. The molecule has 1 aromatic heterocycles. The third-order valence-corrected chi connectivity index (χ3v) is 2.54. The Kier molecular flexibility index (Phi) is 3.11. The van der Waals surface area contributed by atoms with Crippen LogP contribution in [0.2, 0.25) is 0 Å². The molecule has 5 heteroatoms. The average molecular weight is 244 g/mol. The molecule has 0 fully saturated rings. The lowest BCUT2D eigenvalue weighted by Gasteiger charge is -2.05. The van der Waals surface area contributed by atoms with Gasteiger partial charge in [0.15, 0.2) is 0 Å². The van der Waals surface area contributed by atoms with Gasteiger partial charge in [0.1, 0.15) is 5.82 Å². The second-order valence-corrected chi connectivity index (χ2v) is 3.79. The molecule has 2 rings (SSSR count). The Bertz CT molecular complexity index is 641. The summed E-state index contributed by atoms with van der Waals surface area (Å²) >= 11 is 0. The van der Waals surface area contributed by atoms with Crippen molar-refractivity contribution in [1.29, 1.82) is 5.26 Å². The number of aromatic carboxylic acids is 1. The summed E-state index contributed by atoms with van der Waals surface area (Å²) in [7, 11) is 0. The molecule has 0 aliphatic carbocycles. The number of aromatic nitrogens is 1. The number of rotatable bonds is 3. The van der Waals surface area contributed by atoms with Gasteiger partial charge in [-0.05, 0) is 23.8 Å². The van der Waals surface area contributed by atoms with Gasteiger partial charge >= 0.3 is 5.97 Å². The molecule has 0 saturated heterocycles. The highest BCUT2D eigenvalue weighted by atomic mass is 19.1. The molecule has 90 valence electrons. The molecule has 0 spiro atoms. The Labute approximate surface area is 103 Å². The predicted molar refractivity (Wildman–Crippen MR) is 61.6 cm³/mol. The highest BCUT2D eigenvalue weighted by Crippen LogP contribution is 2.13. The van der Waals surface area contributed by atoms with E-state index in [-0.39, 0.29) is 11.1 Å². The number of benzene rings is 1. The van der Waals surface area contributed by atoms with Crippen LogP contribution in [0.15, 0.2) is 36.7 Å². The van der Waals surface area contributed by atoms with Crippen LogP contribution in [0.1, 0.15) is 21.5 Å². The van der Waals surface area contributed by atoms with Gasteiger partial charge in [0.2, 0.25) is 0 Å². The fourth-order valence-corrected chi connectivity index (χ4v) is 1.65. The Morgan fingerprint density at radius 2 is 2.22 bits per heavy atom. The Morgan fingerprint density at radius 3 is 2.83 bits per heavy atom. The van der Waals surface area contributed by atoms with Gasteiger partial charge in [-0.1, -0.05) is 6.07 Å². The van der Waals surface area contributed by atoms with Gasteiger partial charge in [0.25, 0.3) is 0 Å². The van der Waals surface area contributed by atoms with Gasteiger partial charge in [0.05, 0.1) is 17.2 Å². The number of hydrogen-bond acceptors (Lipinski definition) is 2. The zero-order chi connectivity index (χ0) is 13.1. The fraction of sp³-hybridized carbons (Fsp3) is 0.0769. The average Bonchev–Trinajstić information content (AvgIpc) is 2.80. The fourth-order valence-electron chi connectivity index (χ4n) is 1.65. The van der Waals surface area contributed by atoms with Crippen LogP contribution in [0.4, 0.5) is 4.39 Å². The van der Waals surface area contributed by atoms with Gasteiger partial charge in [-0.25, -0.2) is 9.18 Å². The van der Waals surface area contributed by atoms with Crippen LogP contribution in [-0.4, -0.2) is 15.6 Å². The molecule has 4 nitrogen and oxygen atoms in total. The first-order valence-corrected chi connectivity index (χ1v) is 5.18. The van der Waals surface area contributed by atoms with E-state index in [1.807, 2.05) is 6.07 Å². The summed E-state index contributed by atoms with van der Waals surface area (Å²) in [6.45, 7) is 0.330. The zero-order valence-electron chi connectivity index (χ0n) is 9.30. The van der Waals surface area contributed by atoms with Crippen LogP contribution in [0.3, 0.4) is 0 Å². The lowest BCUT2D eigenvalue weighted by molar-refractivity contribution is 0.0697. The second kappa shape index (κ2) is 4.72. The smallest absolute Gasteiger partial charge is 0.337 e. The van der Waals surface area contributed by atoms with Crippen molar-refractivity contribution in [1.82, 2.24) is 4.57 Å². The number of carboxylic acids is 1. The van der Waals surface area contributed by atoms with Gasteiger partial charge in [0, 0.05) is 18.9 Å². The molecule has 0 amide bonds. The zero-order valence-corrected chi connectivity index (χ0v) is 9.30. The molecule has 0 saturated carbocycles. The van der Waals surface area contributed by atoms with Crippen molar-refractivity contribution < 1.29 is 14.3 Å². The molecular formula is C13H9FN2O2. The number of hydrogen-bond donors (Lipinski definition) is 1. The molecule has 0 aliphatic rings. The third kappa shape index (κ3) is 2.38. The van der Waals surface area contributed by atoms with Gasteiger partial charge in [-0.15, -0.1) is 0 Å². The summed E-state index contributed by atoms with van der Waals surface area (Å²) in [5, 5.41) is 17.7. The summed E-state index contributed by atoms with van der Waals surface area (Å²) in [5.74, 6) is -1.47. The van der Waals surface area contributed by atoms with Gasteiger partial charge in [-0.2, -0.15) is 5.26 Å². The maximum Gasteiger partial charge on any atom is 0.337 e. The van der Waals surface area contributed by atoms with E-state index in [2.05, 4.69) is 0 Å². The standard InChI is InChI=1S/C13H9FN2O2/c14-12-2-1-9(11(5-12)6-15)7-16-4-3-10(8-16)13(17)18/h1-5,8H,7H2,(H,17,18). The molecular weight excluding hydrogens is 235 g/mol. The summed E-state index contributed by atoms with van der Waals surface area (Å²) in [6, 6.07) is 7.35.